The van der Waals surface area contributed by atoms with Crippen LogP contribution in [0.2, 0.25) is 0 Å². The van der Waals surface area contributed by atoms with E-state index in [-0.39, 0.29) is 18.9 Å². The van der Waals surface area contributed by atoms with Crippen molar-refractivity contribution in [3.63, 3.8) is 0 Å². The maximum Gasteiger partial charge on any atom is 0.220 e. The predicted octanol–water partition coefficient (Wildman–Crippen LogP) is 19.1. The Morgan fingerprint density at radius 1 is 0.322 bits per heavy atom. The van der Waals surface area contributed by atoms with Crippen molar-refractivity contribution in [3.8, 4) is 0 Å². The Hall–Kier alpha value is -2.77. The van der Waals surface area contributed by atoms with E-state index in [4.69, 9.17) is 28.4 Å². The second kappa shape index (κ2) is 75.0. The quantitative estimate of drug-likeness (QED) is 0.0199. The van der Waals surface area contributed by atoms with Crippen LogP contribution in [-0.4, -0.2) is 193 Å². The van der Waals surface area contributed by atoms with E-state index in [9.17, 15) is 61.0 Å². The third-order valence-corrected chi connectivity index (χ3v) is 23.5. The van der Waals surface area contributed by atoms with Crippen molar-refractivity contribution in [2.75, 3.05) is 26.4 Å². The summed E-state index contributed by atoms with van der Waals surface area (Å²) in [6, 6.07) is -0.977. The fourth-order valence-corrected chi connectivity index (χ4v) is 16.0. The van der Waals surface area contributed by atoms with Crippen molar-refractivity contribution >= 4 is 5.91 Å². The number of unbranched alkanes of at least 4 members (excludes halogenated alkanes) is 52. The molecule has 17 atom stereocenters. The van der Waals surface area contributed by atoms with Crippen molar-refractivity contribution < 1.29 is 89.4 Å². The molecule has 3 fully saturated rings. The first-order valence-corrected chi connectivity index (χ1v) is 47.7. The number of hydrogen-bond donors (Lipinski definition) is 12. The molecule has 17 unspecified atom stereocenters. The van der Waals surface area contributed by atoms with Crippen LogP contribution in [0.3, 0.4) is 0 Å². The number of aliphatic hydroxyl groups is 11. The summed E-state index contributed by atoms with van der Waals surface area (Å²) in [5, 5.41) is 121. The minimum Gasteiger partial charge on any atom is -0.394 e. The monoisotopic (exact) mass is 1630 g/mol. The largest absolute Gasteiger partial charge is 0.394 e. The number of carbonyl (C=O) groups is 1. The molecule has 0 radical (unpaired) electrons. The molecule has 0 saturated carbocycles. The van der Waals surface area contributed by atoms with Crippen LogP contribution in [0.1, 0.15) is 399 Å². The Bertz CT molecular complexity index is 2350. The molecule has 1 amide bonds. The zero-order valence-corrected chi connectivity index (χ0v) is 72.8. The Morgan fingerprint density at radius 3 is 0.939 bits per heavy atom. The van der Waals surface area contributed by atoms with Gasteiger partial charge in [0.15, 0.2) is 18.9 Å². The molecule has 3 aliphatic rings. The molecule has 115 heavy (non-hydrogen) atoms. The van der Waals surface area contributed by atoms with E-state index in [1.807, 2.05) is 6.08 Å². The standard InChI is InChI=1S/C96H175NO18/c1-3-5-7-9-11-13-15-17-19-21-23-25-27-29-31-33-35-37-38-39-40-42-44-46-48-50-52-54-56-58-60-62-64-66-68-70-72-74-84(102)97-79(80(101)73-71-69-67-65-63-61-59-57-55-53-51-49-47-45-43-41-36-34-32-30-28-26-24-22-20-18-16-14-12-10-8-6-4-2)78-110-94-90(108)87(105)92(82(76-99)112-94)115-96-91(109)88(106)93(83(77-100)113-96)114-95-89(107)86(104)85(103)81(75-98)111-95/h5,7,11,13,17,19,23,25,29,31,71,73,79-83,85-96,98-101,103-109H,3-4,6,8-10,12,14-16,18,20-22,24,26-28,30,32-70,72,74-78H2,1-2H3,(H,97,102)/b7-5-,13-11-,19-17-,25-23-,31-29-,73-71+. The number of aliphatic hydroxyl groups excluding tert-OH is 11. The molecule has 0 aromatic carbocycles. The molecular formula is C96H175NO18. The van der Waals surface area contributed by atoms with Crippen LogP contribution in [0.15, 0.2) is 72.9 Å². The van der Waals surface area contributed by atoms with Crippen LogP contribution in [-0.2, 0) is 33.2 Å². The van der Waals surface area contributed by atoms with Gasteiger partial charge in [0, 0.05) is 6.42 Å². The Kier molecular flexibility index (Phi) is 69.4. The molecule has 3 aliphatic heterocycles. The lowest BCUT2D eigenvalue weighted by Gasteiger charge is -2.48. The van der Waals surface area contributed by atoms with Gasteiger partial charge in [-0.2, -0.15) is 0 Å². The van der Waals surface area contributed by atoms with Gasteiger partial charge in [-0.3, -0.25) is 4.79 Å². The third-order valence-electron chi connectivity index (χ3n) is 23.5. The number of amides is 1. The van der Waals surface area contributed by atoms with Crippen LogP contribution in [0.25, 0.3) is 0 Å². The van der Waals surface area contributed by atoms with Crippen molar-refractivity contribution in [1.82, 2.24) is 5.32 Å². The lowest BCUT2D eigenvalue weighted by molar-refractivity contribution is -0.379. The SMILES string of the molecule is CC/C=C\C/C=C\C/C=C\C/C=C\C/C=C\CCCCCCCCCCCCCCCCCCCCCCCC(=O)NC(COC1OC(CO)C(OC2OC(CO)C(OC3OC(CO)C(O)C(O)C3O)C(O)C2O)C(O)C1O)C(O)/C=C/CCCCCCCCCCCCCCCCCCCCCCCCCCCCCCCCC. The van der Waals surface area contributed by atoms with Gasteiger partial charge in [-0.05, 0) is 64.2 Å². The van der Waals surface area contributed by atoms with Crippen LogP contribution in [0, 0.1) is 0 Å². The molecule has 12 N–H and O–H groups in total. The lowest BCUT2D eigenvalue weighted by Crippen LogP contribution is -2.66. The van der Waals surface area contributed by atoms with E-state index in [0.717, 1.165) is 77.0 Å². The number of ether oxygens (including phenoxy) is 6. The fraction of sp³-hybridized carbons (Fsp3) is 0.865. The fourth-order valence-electron chi connectivity index (χ4n) is 16.0. The molecule has 0 aromatic heterocycles. The second-order valence-corrected chi connectivity index (χ2v) is 33.8. The Balaban J connectivity index is 1.30. The number of carbonyl (C=O) groups excluding carboxylic acids is 1. The van der Waals surface area contributed by atoms with Crippen LogP contribution in [0.4, 0.5) is 0 Å². The molecule has 672 valence electrons. The lowest BCUT2D eigenvalue weighted by atomic mass is 9.96. The first-order chi connectivity index (χ1) is 56.3. The highest BCUT2D eigenvalue weighted by atomic mass is 16.8. The summed E-state index contributed by atoms with van der Waals surface area (Å²) in [6.45, 7) is 1.69. The van der Waals surface area contributed by atoms with Crippen LogP contribution < -0.4 is 5.32 Å². The summed E-state index contributed by atoms with van der Waals surface area (Å²) in [4.78, 5) is 13.5. The average molecular weight is 1630 g/mol. The minimum absolute atomic E-state index is 0.245. The van der Waals surface area contributed by atoms with Gasteiger partial charge in [0.05, 0.1) is 38.6 Å². The van der Waals surface area contributed by atoms with Gasteiger partial charge in [0.1, 0.15) is 73.2 Å². The molecule has 3 heterocycles. The summed E-state index contributed by atoms with van der Waals surface area (Å²) in [6.07, 6.45) is 74.9. The molecule has 19 heteroatoms. The summed E-state index contributed by atoms with van der Waals surface area (Å²) < 4.78 is 34.6. The molecule has 0 bridgehead atoms. The van der Waals surface area contributed by atoms with Gasteiger partial charge in [-0.15, -0.1) is 0 Å². The first-order valence-electron chi connectivity index (χ1n) is 47.7. The number of nitrogens with one attached hydrogen (secondary N) is 1. The second-order valence-electron chi connectivity index (χ2n) is 33.8. The smallest absolute Gasteiger partial charge is 0.220 e. The van der Waals surface area contributed by atoms with Crippen molar-refractivity contribution in [2.24, 2.45) is 0 Å². The molecule has 0 spiro atoms. The van der Waals surface area contributed by atoms with Gasteiger partial charge in [-0.25, -0.2) is 0 Å². The van der Waals surface area contributed by atoms with E-state index in [2.05, 4.69) is 79.9 Å². The Morgan fingerprint density at radius 2 is 0.600 bits per heavy atom. The average Bonchev–Trinajstić information content (AvgIpc) is 0.779. The van der Waals surface area contributed by atoms with E-state index < -0.39 is 124 Å². The number of rotatable bonds is 78. The zero-order valence-electron chi connectivity index (χ0n) is 72.8. The number of hydrogen-bond acceptors (Lipinski definition) is 18. The minimum atomic E-state index is -1.98. The highest BCUT2D eigenvalue weighted by Gasteiger charge is 2.54. The Labute approximate surface area is 699 Å². The molecule has 19 nitrogen and oxygen atoms in total. The first kappa shape index (κ1) is 106. The highest BCUT2D eigenvalue weighted by molar-refractivity contribution is 5.76. The van der Waals surface area contributed by atoms with Gasteiger partial charge in [0.25, 0.3) is 0 Å². The van der Waals surface area contributed by atoms with E-state index in [1.165, 1.54) is 295 Å². The zero-order chi connectivity index (χ0) is 83.1. The number of allylic oxidation sites excluding steroid dienone is 11. The third kappa shape index (κ3) is 53.0. The van der Waals surface area contributed by atoms with Gasteiger partial charge >= 0.3 is 0 Å². The molecule has 0 aromatic rings. The molecule has 0 aliphatic carbocycles. The summed E-state index contributed by atoms with van der Waals surface area (Å²) >= 11 is 0. The van der Waals surface area contributed by atoms with Crippen molar-refractivity contribution in [2.45, 2.75) is 503 Å². The molecule has 3 saturated heterocycles. The highest BCUT2D eigenvalue weighted by Crippen LogP contribution is 2.34. The van der Waals surface area contributed by atoms with Crippen LogP contribution in [0.5, 0.6) is 0 Å². The summed E-state index contributed by atoms with van der Waals surface area (Å²) in [5.74, 6) is -0.269. The topological polar surface area (TPSA) is 307 Å². The van der Waals surface area contributed by atoms with Gasteiger partial charge < -0.3 is 89.9 Å². The molecule has 3 rings (SSSR count). The van der Waals surface area contributed by atoms with Gasteiger partial charge in [-0.1, -0.05) is 401 Å². The van der Waals surface area contributed by atoms with E-state index >= 15 is 0 Å². The van der Waals surface area contributed by atoms with E-state index in [1.54, 1.807) is 6.08 Å². The predicted molar refractivity (Wildman–Crippen MR) is 466 cm³/mol. The normalized spacial score (nSPS) is 24.9. The van der Waals surface area contributed by atoms with Crippen molar-refractivity contribution in [1.29, 1.82) is 0 Å². The van der Waals surface area contributed by atoms with Gasteiger partial charge in [0.2, 0.25) is 5.91 Å². The summed E-state index contributed by atoms with van der Waals surface area (Å²) in [5.41, 5.74) is 0. The maximum absolute atomic E-state index is 13.5. The summed E-state index contributed by atoms with van der Waals surface area (Å²) in [7, 11) is 0. The maximum atomic E-state index is 13.5. The van der Waals surface area contributed by atoms with Crippen molar-refractivity contribution in [3.05, 3.63) is 72.9 Å². The molecular weight excluding hydrogens is 1460 g/mol. The van der Waals surface area contributed by atoms with E-state index in [0.29, 0.717) is 6.42 Å². The van der Waals surface area contributed by atoms with Crippen LogP contribution >= 0.6 is 0 Å².